The fourth-order valence-corrected chi connectivity index (χ4v) is 3.56. The monoisotopic (exact) mass is 379 g/mol. The van der Waals surface area contributed by atoms with E-state index in [0.717, 1.165) is 19.3 Å². The van der Waals surface area contributed by atoms with Crippen LogP contribution in [0.4, 0.5) is 0 Å². The maximum absolute atomic E-state index is 11.5. The van der Waals surface area contributed by atoms with Crippen molar-refractivity contribution >= 4 is 17.7 Å². The molecule has 0 bridgehead atoms. The Morgan fingerprint density at radius 3 is 1.81 bits per heavy atom. The van der Waals surface area contributed by atoms with Gasteiger partial charge in [-0.25, -0.2) is 4.72 Å². The predicted octanol–water partition coefficient (Wildman–Crippen LogP) is 7.51. The van der Waals surface area contributed by atoms with Gasteiger partial charge in [0.25, 0.3) is 0 Å². The molecule has 0 spiro atoms. The lowest BCUT2D eigenvalue weighted by Gasteiger charge is -2.02. The predicted molar refractivity (Wildman–Crippen MR) is 117 cm³/mol. The number of hydrogen-bond donors (Lipinski definition) is 1. The van der Waals surface area contributed by atoms with Gasteiger partial charge in [-0.2, -0.15) is 0 Å². The van der Waals surface area contributed by atoms with Crippen molar-refractivity contribution in [3.05, 3.63) is 24.3 Å². The van der Waals surface area contributed by atoms with Crippen LogP contribution in [0.5, 0.6) is 0 Å². The second-order valence-corrected chi connectivity index (χ2v) is 8.42. The lowest BCUT2D eigenvalue weighted by molar-refractivity contribution is -0.118. The molecule has 3 heteroatoms. The van der Waals surface area contributed by atoms with Crippen molar-refractivity contribution in [1.82, 2.24) is 4.72 Å². The number of Topliss-reactive ketones (excluding diaryl/α,β-unsaturated/α-hetero) is 1. The van der Waals surface area contributed by atoms with Crippen LogP contribution in [0.3, 0.4) is 0 Å². The van der Waals surface area contributed by atoms with Crippen LogP contribution in [0.25, 0.3) is 0 Å². The summed E-state index contributed by atoms with van der Waals surface area (Å²) in [7, 11) is 0. The van der Waals surface area contributed by atoms with Crippen LogP contribution in [0.15, 0.2) is 24.3 Å². The van der Waals surface area contributed by atoms with Crippen molar-refractivity contribution in [1.29, 1.82) is 0 Å². The Labute approximate surface area is 166 Å². The van der Waals surface area contributed by atoms with Gasteiger partial charge in [-0.15, -0.1) is 0 Å². The molecule has 0 aromatic heterocycles. The van der Waals surface area contributed by atoms with E-state index in [-0.39, 0.29) is 5.37 Å². The van der Waals surface area contributed by atoms with Crippen molar-refractivity contribution in [2.75, 3.05) is 0 Å². The molecular formula is C23H41NOS. The molecule has 1 unspecified atom stereocenters. The van der Waals surface area contributed by atoms with Crippen molar-refractivity contribution in [2.24, 2.45) is 0 Å². The van der Waals surface area contributed by atoms with Crippen LogP contribution in [0.1, 0.15) is 110 Å². The second-order valence-electron chi connectivity index (χ2n) is 7.48. The molecular weight excluding hydrogens is 338 g/mol. The normalized spacial score (nSPS) is 16.7. The van der Waals surface area contributed by atoms with Gasteiger partial charge in [0.15, 0.2) is 5.78 Å². The Bertz CT molecular complexity index is 388. The third kappa shape index (κ3) is 15.7. The summed E-state index contributed by atoms with van der Waals surface area (Å²) in [6, 6.07) is 0. The molecule has 0 radical (unpaired) electrons. The van der Waals surface area contributed by atoms with Crippen molar-refractivity contribution in [3.8, 4) is 0 Å². The Balaban J connectivity index is 1.71. The second kappa shape index (κ2) is 17.9. The fourth-order valence-electron chi connectivity index (χ4n) is 3.11. The van der Waals surface area contributed by atoms with Gasteiger partial charge >= 0.3 is 0 Å². The first-order valence-corrected chi connectivity index (χ1v) is 12.0. The number of nitrogens with one attached hydrogen (secondary N) is 1. The van der Waals surface area contributed by atoms with Crippen LogP contribution >= 0.6 is 11.9 Å². The summed E-state index contributed by atoms with van der Waals surface area (Å²) in [6.45, 7) is 2.26. The van der Waals surface area contributed by atoms with Crippen LogP contribution in [0.2, 0.25) is 0 Å². The van der Waals surface area contributed by atoms with E-state index in [0.29, 0.717) is 5.78 Å². The first-order valence-electron chi connectivity index (χ1n) is 11.1. The molecule has 150 valence electrons. The standard InChI is InChI=1S/C23H41NOS/c1-2-3-4-5-6-7-8-9-10-11-12-13-14-15-16-17-18-19-20-21-22(25)23-24-26-23/h6-7,9-10,23-24H,2-5,8,11-21H2,1H3/b7-6-,10-9-. The molecule has 1 atom stereocenters. The fraction of sp³-hybridized carbons (Fsp3) is 0.783. The SMILES string of the molecule is CCCCC/C=C\C/C=C\CCCCCCCCCCCC(=O)C1NS1. The number of unbranched alkanes of at least 4 members (excludes halogenated alkanes) is 12. The molecule has 1 aliphatic rings. The molecule has 0 saturated carbocycles. The molecule has 0 aromatic carbocycles. The smallest absolute Gasteiger partial charge is 0.162 e. The van der Waals surface area contributed by atoms with Crippen molar-refractivity contribution < 1.29 is 4.79 Å². The summed E-state index contributed by atoms with van der Waals surface area (Å²) in [6.07, 6.45) is 29.5. The van der Waals surface area contributed by atoms with Gasteiger partial charge in [0.05, 0.1) is 0 Å². The van der Waals surface area contributed by atoms with Gasteiger partial charge in [0.1, 0.15) is 5.37 Å². The Hall–Kier alpha value is -0.540. The highest BCUT2D eigenvalue weighted by Crippen LogP contribution is 2.23. The van der Waals surface area contributed by atoms with Gasteiger partial charge in [-0.3, -0.25) is 4.79 Å². The lowest BCUT2D eigenvalue weighted by Crippen LogP contribution is -2.07. The van der Waals surface area contributed by atoms with E-state index in [4.69, 9.17) is 0 Å². The zero-order chi connectivity index (χ0) is 18.7. The third-order valence-electron chi connectivity index (χ3n) is 4.90. The molecule has 1 heterocycles. The number of ketones is 1. The van der Waals surface area contributed by atoms with Gasteiger partial charge in [-0.1, -0.05) is 101 Å². The van der Waals surface area contributed by atoms with E-state index in [1.807, 2.05) is 0 Å². The molecule has 1 N–H and O–H groups in total. The number of carbonyl (C=O) groups excluding carboxylic acids is 1. The van der Waals surface area contributed by atoms with Crippen LogP contribution < -0.4 is 4.72 Å². The number of rotatable bonds is 19. The minimum absolute atomic E-state index is 0.136. The summed E-state index contributed by atoms with van der Waals surface area (Å²) >= 11 is 1.56. The van der Waals surface area contributed by atoms with E-state index in [2.05, 4.69) is 35.9 Å². The Morgan fingerprint density at radius 2 is 1.27 bits per heavy atom. The highest BCUT2D eigenvalue weighted by molar-refractivity contribution is 8.05. The average Bonchev–Trinajstić information content (AvgIpc) is 3.48. The topological polar surface area (TPSA) is 39.0 Å². The highest BCUT2D eigenvalue weighted by Gasteiger charge is 2.29. The molecule has 1 rings (SSSR count). The third-order valence-corrected chi connectivity index (χ3v) is 5.64. The van der Waals surface area contributed by atoms with E-state index in [1.54, 1.807) is 11.9 Å². The Kier molecular flexibility index (Phi) is 16.1. The number of allylic oxidation sites excluding steroid dienone is 4. The quantitative estimate of drug-likeness (QED) is 0.109. The Morgan fingerprint density at radius 1 is 0.769 bits per heavy atom. The maximum atomic E-state index is 11.5. The summed E-state index contributed by atoms with van der Waals surface area (Å²) < 4.78 is 3.00. The van der Waals surface area contributed by atoms with E-state index in [1.165, 1.54) is 83.5 Å². The summed E-state index contributed by atoms with van der Waals surface area (Å²) in [5.74, 6) is 0.395. The minimum Gasteiger partial charge on any atom is -0.297 e. The molecule has 1 saturated heterocycles. The van der Waals surface area contributed by atoms with E-state index < -0.39 is 0 Å². The largest absolute Gasteiger partial charge is 0.297 e. The zero-order valence-electron chi connectivity index (χ0n) is 17.0. The van der Waals surface area contributed by atoms with Gasteiger partial charge in [0.2, 0.25) is 0 Å². The molecule has 0 amide bonds. The van der Waals surface area contributed by atoms with Gasteiger partial charge in [0, 0.05) is 6.42 Å². The van der Waals surface area contributed by atoms with Gasteiger partial charge in [-0.05, 0) is 38.5 Å². The molecule has 26 heavy (non-hydrogen) atoms. The minimum atomic E-state index is 0.136. The van der Waals surface area contributed by atoms with Crippen molar-refractivity contribution in [3.63, 3.8) is 0 Å². The molecule has 0 aliphatic carbocycles. The number of carbonyl (C=O) groups is 1. The van der Waals surface area contributed by atoms with Crippen LogP contribution in [-0.2, 0) is 4.79 Å². The van der Waals surface area contributed by atoms with Crippen LogP contribution in [0, 0.1) is 0 Å². The first-order chi connectivity index (χ1) is 12.8. The average molecular weight is 380 g/mol. The van der Waals surface area contributed by atoms with Gasteiger partial charge < -0.3 is 0 Å². The lowest BCUT2D eigenvalue weighted by atomic mass is 10.0. The summed E-state index contributed by atoms with van der Waals surface area (Å²) in [4.78, 5) is 11.5. The number of hydrogen-bond acceptors (Lipinski definition) is 3. The van der Waals surface area contributed by atoms with E-state index in [9.17, 15) is 4.79 Å². The highest BCUT2D eigenvalue weighted by atomic mass is 32.2. The van der Waals surface area contributed by atoms with Crippen LogP contribution in [-0.4, -0.2) is 11.2 Å². The molecule has 2 nitrogen and oxygen atoms in total. The van der Waals surface area contributed by atoms with Crippen molar-refractivity contribution in [2.45, 2.75) is 115 Å². The molecule has 1 fully saturated rings. The zero-order valence-corrected chi connectivity index (χ0v) is 17.8. The maximum Gasteiger partial charge on any atom is 0.162 e. The summed E-state index contributed by atoms with van der Waals surface area (Å²) in [5, 5.41) is 0.136. The molecule has 0 aromatic rings. The van der Waals surface area contributed by atoms with E-state index >= 15 is 0 Å². The first kappa shape index (κ1) is 23.5. The molecule has 1 aliphatic heterocycles. The summed E-state index contributed by atoms with van der Waals surface area (Å²) in [5.41, 5.74) is 0.